The molecular weight excluding hydrogens is 374 g/mol. The van der Waals surface area contributed by atoms with E-state index >= 15 is 0 Å². The van der Waals surface area contributed by atoms with Crippen LogP contribution in [0.25, 0.3) is 10.2 Å². The van der Waals surface area contributed by atoms with Crippen molar-refractivity contribution in [1.29, 1.82) is 0 Å². The molecule has 0 bridgehead atoms. The molecule has 0 fully saturated rings. The number of hydrogen-bond acceptors (Lipinski definition) is 6. The molecule has 0 aliphatic rings. The van der Waals surface area contributed by atoms with Crippen molar-refractivity contribution in [2.24, 2.45) is 7.05 Å². The maximum atomic E-state index is 13.4. The van der Waals surface area contributed by atoms with Crippen LogP contribution in [0.1, 0.15) is 29.4 Å². The lowest BCUT2D eigenvalue weighted by Crippen LogP contribution is -2.35. The monoisotopic (exact) mass is 401 g/mol. The topological polar surface area (TPSA) is 63.5 Å². The third-order valence-electron chi connectivity index (χ3n) is 4.45. The molecule has 0 aliphatic carbocycles. The Balaban J connectivity index is 1.96. The fourth-order valence-corrected chi connectivity index (χ4v) is 4.09. The molecule has 8 heteroatoms. The number of nitrogens with zero attached hydrogens (tertiary/aromatic N) is 5. The van der Waals surface area contributed by atoms with E-state index in [2.05, 4.69) is 10.00 Å². The maximum Gasteiger partial charge on any atom is 0.278 e. The van der Waals surface area contributed by atoms with Crippen molar-refractivity contribution in [1.82, 2.24) is 19.7 Å². The fraction of sp³-hybridized carbons (Fsp3) is 0.450. The molecule has 0 spiro atoms. The van der Waals surface area contributed by atoms with Gasteiger partial charge in [0.1, 0.15) is 11.4 Å². The zero-order valence-electron chi connectivity index (χ0n) is 17.1. The van der Waals surface area contributed by atoms with Gasteiger partial charge in [-0.15, -0.1) is 0 Å². The summed E-state index contributed by atoms with van der Waals surface area (Å²) in [5.41, 5.74) is 2.33. The maximum absolute atomic E-state index is 13.4. The van der Waals surface area contributed by atoms with Crippen molar-refractivity contribution in [2.45, 2.75) is 20.3 Å². The first-order chi connectivity index (χ1) is 13.4. The van der Waals surface area contributed by atoms with Crippen LogP contribution in [0.3, 0.4) is 0 Å². The number of aryl methyl sites for hydroxylation is 2. The molecule has 0 atom stereocenters. The number of hydrogen-bond donors (Lipinski definition) is 0. The number of ether oxygens (including phenoxy) is 1. The molecule has 0 unspecified atom stereocenters. The number of rotatable bonds is 8. The van der Waals surface area contributed by atoms with E-state index in [-0.39, 0.29) is 5.91 Å². The molecule has 3 aromatic rings. The van der Waals surface area contributed by atoms with Gasteiger partial charge in [-0.25, -0.2) is 4.98 Å². The number of benzene rings is 1. The van der Waals surface area contributed by atoms with Crippen molar-refractivity contribution < 1.29 is 9.53 Å². The molecule has 0 radical (unpaired) electrons. The number of anilines is 1. The van der Waals surface area contributed by atoms with Crippen molar-refractivity contribution in [3.8, 4) is 5.75 Å². The average Bonchev–Trinajstić information content (AvgIpc) is 3.20. The highest BCUT2D eigenvalue weighted by atomic mass is 32.1. The summed E-state index contributed by atoms with van der Waals surface area (Å²) in [6, 6.07) is 5.84. The molecular formula is C20H27N5O2S. The summed E-state index contributed by atoms with van der Waals surface area (Å²) in [6.07, 6.45) is 2.58. The average molecular weight is 402 g/mol. The van der Waals surface area contributed by atoms with E-state index in [0.717, 1.165) is 34.5 Å². The van der Waals surface area contributed by atoms with Crippen LogP contribution in [-0.4, -0.2) is 59.4 Å². The van der Waals surface area contributed by atoms with Crippen LogP contribution < -0.4 is 9.64 Å². The van der Waals surface area contributed by atoms with E-state index in [4.69, 9.17) is 9.72 Å². The van der Waals surface area contributed by atoms with Gasteiger partial charge in [0, 0.05) is 13.6 Å². The molecule has 1 aromatic carbocycles. The Labute approximate surface area is 169 Å². The van der Waals surface area contributed by atoms with Gasteiger partial charge in [-0.1, -0.05) is 11.3 Å². The van der Waals surface area contributed by atoms with E-state index < -0.39 is 0 Å². The summed E-state index contributed by atoms with van der Waals surface area (Å²) in [5, 5.41) is 4.93. The molecule has 0 saturated heterocycles. The molecule has 1 amide bonds. The van der Waals surface area contributed by atoms with Gasteiger partial charge in [0.05, 0.1) is 23.0 Å². The number of carbonyl (C=O) groups is 1. The predicted octanol–water partition coefficient (Wildman–Crippen LogP) is 3.34. The van der Waals surface area contributed by atoms with Crippen molar-refractivity contribution >= 4 is 32.6 Å². The van der Waals surface area contributed by atoms with Crippen LogP contribution in [0, 0.1) is 6.92 Å². The second kappa shape index (κ2) is 8.70. The van der Waals surface area contributed by atoms with Crippen LogP contribution in [0.4, 0.5) is 5.13 Å². The Morgan fingerprint density at radius 3 is 2.71 bits per heavy atom. The summed E-state index contributed by atoms with van der Waals surface area (Å²) in [6.45, 7) is 5.98. The third-order valence-corrected chi connectivity index (χ3v) is 5.49. The SMILES string of the molecule is CCOc1ccc2nc(N(CCCN(C)C)C(=O)c3c(C)cnn3C)sc2c1. The van der Waals surface area contributed by atoms with Gasteiger partial charge >= 0.3 is 0 Å². The molecule has 0 aliphatic heterocycles. The number of amides is 1. The summed E-state index contributed by atoms with van der Waals surface area (Å²) in [4.78, 5) is 22.0. The normalized spacial score (nSPS) is 11.4. The summed E-state index contributed by atoms with van der Waals surface area (Å²) in [7, 11) is 5.86. The Morgan fingerprint density at radius 2 is 2.07 bits per heavy atom. The van der Waals surface area contributed by atoms with E-state index in [9.17, 15) is 4.79 Å². The summed E-state index contributed by atoms with van der Waals surface area (Å²) in [5.74, 6) is 0.749. The van der Waals surface area contributed by atoms with Crippen LogP contribution in [0.2, 0.25) is 0 Å². The lowest BCUT2D eigenvalue weighted by molar-refractivity contribution is 0.0976. The molecule has 0 saturated carbocycles. The molecule has 7 nitrogen and oxygen atoms in total. The molecule has 150 valence electrons. The summed E-state index contributed by atoms with van der Waals surface area (Å²) >= 11 is 1.51. The first-order valence-electron chi connectivity index (χ1n) is 9.39. The lowest BCUT2D eigenvalue weighted by Gasteiger charge is -2.21. The first kappa shape index (κ1) is 20.3. The van der Waals surface area contributed by atoms with Gasteiger partial charge in [-0.05, 0) is 64.7 Å². The number of carbonyl (C=O) groups excluding carboxylic acids is 1. The van der Waals surface area contributed by atoms with Gasteiger partial charge in [0.15, 0.2) is 5.13 Å². The Kier molecular flexibility index (Phi) is 6.31. The molecule has 0 N–H and O–H groups in total. The van der Waals surface area contributed by atoms with Crippen molar-refractivity contribution in [2.75, 3.05) is 38.7 Å². The first-order valence-corrected chi connectivity index (χ1v) is 10.2. The van der Waals surface area contributed by atoms with Gasteiger partial charge in [-0.3, -0.25) is 14.4 Å². The van der Waals surface area contributed by atoms with Gasteiger partial charge in [0.25, 0.3) is 5.91 Å². The second-order valence-electron chi connectivity index (χ2n) is 6.97. The minimum absolute atomic E-state index is 0.0691. The van der Waals surface area contributed by atoms with E-state index in [1.165, 1.54) is 11.3 Å². The zero-order chi connectivity index (χ0) is 20.3. The third kappa shape index (κ3) is 4.34. The number of thiazole rings is 1. The van der Waals surface area contributed by atoms with Crippen molar-refractivity contribution in [3.05, 3.63) is 35.7 Å². The highest BCUT2D eigenvalue weighted by Crippen LogP contribution is 2.32. The smallest absolute Gasteiger partial charge is 0.278 e. The largest absolute Gasteiger partial charge is 0.494 e. The molecule has 2 aromatic heterocycles. The Morgan fingerprint density at radius 1 is 1.29 bits per heavy atom. The fourth-order valence-electron chi connectivity index (χ4n) is 3.08. The quantitative estimate of drug-likeness (QED) is 0.579. The lowest BCUT2D eigenvalue weighted by atomic mass is 10.2. The summed E-state index contributed by atoms with van der Waals surface area (Å²) < 4.78 is 8.24. The van der Waals surface area contributed by atoms with Gasteiger partial charge in [-0.2, -0.15) is 5.10 Å². The number of fused-ring (bicyclic) bond motifs is 1. The molecule has 28 heavy (non-hydrogen) atoms. The van der Waals surface area contributed by atoms with E-state index in [1.54, 1.807) is 22.8 Å². The zero-order valence-corrected chi connectivity index (χ0v) is 17.9. The van der Waals surface area contributed by atoms with Gasteiger partial charge < -0.3 is 9.64 Å². The minimum atomic E-state index is -0.0691. The minimum Gasteiger partial charge on any atom is -0.494 e. The van der Waals surface area contributed by atoms with Gasteiger partial charge in [0.2, 0.25) is 0 Å². The van der Waals surface area contributed by atoms with Crippen LogP contribution in [-0.2, 0) is 7.05 Å². The van der Waals surface area contributed by atoms with E-state index in [0.29, 0.717) is 24.0 Å². The standard InChI is InChI=1S/C20H27N5O2S/c1-6-27-15-8-9-16-17(12-15)28-20(22-16)25(11-7-10-23(3)4)19(26)18-14(2)13-21-24(18)5/h8-9,12-13H,6-7,10-11H2,1-5H3. The molecule has 3 rings (SSSR count). The Bertz CT molecular complexity index is 943. The van der Waals surface area contributed by atoms with Crippen LogP contribution >= 0.6 is 11.3 Å². The Hall–Kier alpha value is -2.45. The van der Waals surface area contributed by atoms with E-state index in [1.807, 2.05) is 46.1 Å². The molecule has 2 heterocycles. The highest BCUT2D eigenvalue weighted by Gasteiger charge is 2.25. The van der Waals surface area contributed by atoms with Crippen molar-refractivity contribution in [3.63, 3.8) is 0 Å². The number of aromatic nitrogens is 3. The predicted molar refractivity (Wildman–Crippen MR) is 114 cm³/mol. The van der Waals surface area contributed by atoms with Crippen LogP contribution in [0.5, 0.6) is 5.75 Å². The second-order valence-corrected chi connectivity index (χ2v) is 7.98. The highest BCUT2D eigenvalue weighted by molar-refractivity contribution is 7.22. The van der Waals surface area contributed by atoms with Crippen LogP contribution in [0.15, 0.2) is 24.4 Å².